The second-order valence-corrected chi connectivity index (χ2v) is 6.05. The first-order valence-electron chi connectivity index (χ1n) is 8.16. The minimum Gasteiger partial charge on any atom is -0.493 e. The van der Waals surface area contributed by atoms with Crippen molar-refractivity contribution in [1.29, 1.82) is 0 Å². The quantitative estimate of drug-likeness (QED) is 0.629. The van der Waals surface area contributed by atoms with Crippen LogP contribution in [0.25, 0.3) is 5.57 Å². The summed E-state index contributed by atoms with van der Waals surface area (Å²) in [5.74, 6) is -3.82. The first-order valence-corrected chi connectivity index (χ1v) is 8.16. The Kier molecular flexibility index (Phi) is 4.93. The number of hydrogen-bond acceptors (Lipinski definition) is 1. The molecular formula is C20H19F3O. The van der Waals surface area contributed by atoms with Crippen molar-refractivity contribution in [2.45, 2.75) is 38.7 Å². The number of hydrogen-bond donors (Lipinski definition) is 0. The van der Waals surface area contributed by atoms with Crippen LogP contribution in [0.4, 0.5) is 13.2 Å². The van der Waals surface area contributed by atoms with Crippen molar-refractivity contribution in [1.82, 2.24) is 0 Å². The molecule has 1 unspecified atom stereocenters. The molecule has 24 heavy (non-hydrogen) atoms. The third kappa shape index (κ3) is 3.48. The van der Waals surface area contributed by atoms with Crippen LogP contribution in [-0.2, 0) is 11.2 Å². The fraction of sp³-hybridized carbons (Fsp3) is 0.300. The van der Waals surface area contributed by atoms with Gasteiger partial charge in [0, 0.05) is 0 Å². The zero-order chi connectivity index (χ0) is 17.1. The number of rotatable bonds is 4. The van der Waals surface area contributed by atoms with Crippen LogP contribution < -0.4 is 0 Å². The average molecular weight is 332 g/mol. The van der Waals surface area contributed by atoms with Gasteiger partial charge in [0.25, 0.3) is 0 Å². The smallest absolute Gasteiger partial charge is 0.194 e. The van der Waals surface area contributed by atoms with E-state index in [2.05, 4.69) is 31.2 Å². The first kappa shape index (κ1) is 16.6. The SMILES string of the molecule is CCCc1ccc(C2=COC(c3cc(F)c(F)c(F)c3)CC2)cc1. The van der Waals surface area contributed by atoms with Gasteiger partial charge in [0.15, 0.2) is 17.5 Å². The fourth-order valence-corrected chi connectivity index (χ4v) is 2.97. The van der Waals surface area contributed by atoms with Gasteiger partial charge in [0.1, 0.15) is 6.10 Å². The van der Waals surface area contributed by atoms with Crippen molar-refractivity contribution in [2.24, 2.45) is 0 Å². The molecule has 1 nitrogen and oxygen atoms in total. The normalized spacial score (nSPS) is 17.3. The molecule has 0 amide bonds. The maximum Gasteiger partial charge on any atom is 0.194 e. The van der Waals surface area contributed by atoms with Crippen LogP contribution in [-0.4, -0.2) is 0 Å². The number of ether oxygens (including phenoxy) is 1. The minimum absolute atomic E-state index is 0.319. The average Bonchev–Trinajstić information content (AvgIpc) is 2.60. The second-order valence-electron chi connectivity index (χ2n) is 6.05. The maximum atomic E-state index is 13.4. The summed E-state index contributed by atoms with van der Waals surface area (Å²) in [4.78, 5) is 0. The van der Waals surface area contributed by atoms with E-state index in [1.165, 1.54) is 5.56 Å². The van der Waals surface area contributed by atoms with Crippen LogP contribution in [0.5, 0.6) is 0 Å². The van der Waals surface area contributed by atoms with E-state index < -0.39 is 23.6 Å². The van der Waals surface area contributed by atoms with E-state index in [9.17, 15) is 13.2 Å². The largest absolute Gasteiger partial charge is 0.493 e. The summed E-state index contributed by atoms with van der Waals surface area (Å²) in [6.45, 7) is 2.15. The third-order valence-electron chi connectivity index (χ3n) is 4.29. The monoisotopic (exact) mass is 332 g/mol. The van der Waals surface area contributed by atoms with E-state index >= 15 is 0 Å². The topological polar surface area (TPSA) is 9.23 Å². The number of halogens is 3. The summed E-state index contributed by atoms with van der Waals surface area (Å²) in [7, 11) is 0. The van der Waals surface area contributed by atoms with Gasteiger partial charge in [-0.05, 0) is 53.7 Å². The van der Waals surface area contributed by atoms with Crippen LogP contribution >= 0.6 is 0 Å². The Labute approximate surface area is 139 Å². The summed E-state index contributed by atoms with van der Waals surface area (Å²) in [6.07, 6.45) is 4.67. The van der Waals surface area contributed by atoms with E-state index in [4.69, 9.17) is 4.74 Å². The molecule has 0 bridgehead atoms. The predicted octanol–water partition coefficient (Wildman–Crippen LogP) is 5.95. The van der Waals surface area contributed by atoms with Crippen molar-refractivity contribution in [3.8, 4) is 0 Å². The van der Waals surface area contributed by atoms with Gasteiger partial charge in [-0.15, -0.1) is 0 Å². The fourth-order valence-electron chi connectivity index (χ4n) is 2.97. The number of benzene rings is 2. The zero-order valence-electron chi connectivity index (χ0n) is 13.5. The molecule has 1 aliphatic rings. The molecule has 1 aliphatic heterocycles. The molecule has 1 heterocycles. The lowest BCUT2D eigenvalue weighted by atomic mass is 9.94. The highest BCUT2D eigenvalue weighted by Crippen LogP contribution is 2.35. The lowest BCUT2D eigenvalue weighted by Crippen LogP contribution is -2.08. The maximum absolute atomic E-state index is 13.4. The molecule has 2 aromatic rings. The van der Waals surface area contributed by atoms with Gasteiger partial charge in [-0.1, -0.05) is 37.6 Å². The minimum atomic E-state index is -1.45. The molecular weight excluding hydrogens is 313 g/mol. The van der Waals surface area contributed by atoms with Gasteiger partial charge in [0.05, 0.1) is 6.26 Å². The lowest BCUT2D eigenvalue weighted by Gasteiger charge is -2.24. The van der Waals surface area contributed by atoms with E-state index in [0.29, 0.717) is 12.0 Å². The van der Waals surface area contributed by atoms with Crippen LogP contribution in [0.2, 0.25) is 0 Å². The molecule has 3 rings (SSSR count). The van der Waals surface area contributed by atoms with Crippen LogP contribution in [0.1, 0.15) is 49.0 Å². The molecule has 0 spiro atoms. The number of allylic oxidation sites excluding steroid dienone is 1. The number of aryl methyl sites for hydroxylation is 1. The van der Waals surface area contributed by atoms with Gasteiger partial charge >= 0.3 is 0 Å². The molecule has 0 aliphatic carbocycles. The van der Waals surface area contributed by atoms with E-state index in [-0.39, 0.29) is 0 Å². The van der Waals surface area contributed by atoms with Gasteiger partial charge in [0.2, 0.25) is 0 Å². The molecule has 0 aromatic heterocycles. The second kappa shape index (κ2) is 7.12. The highest BCUT2D eigenvalue weighted by atomic mass is 19.2. The van der Waals surface area contributed by atoms with Crippen molar-refractivity contribution >= 4 is 5.57 Å². The highest BCUT2D eigenvalue weighted by molar-refractivity contribution is 5.65. The summed E-state index contributed by atoms with van der Waals surface area (Å²) in [6, 6.07) is 10.4. The van der Waals surface area contributed by atoms with Gasteiger partial charge in [-0.3, -0.25) is 0 Å². The Bertz CT molecular complexity index is 727. The molecule has 0 saturated heterocycles. The van der Waals surface area contributed by atoms with Crippen molar-refractivity contribution in [3.05, 3.63) is 76.8 Å². The van der Waals surface area contributed by atoms with Crippen molar-refractivity contribution in [3.63, 3.8) is 0 Å². The Hall–Kier alpha value is -2.23. The Balaban J connectivity index is 1.74. The predicted molar refractivity (Wildman–Crippen MR) is 87.8 cm³/mol. The molecule has 4 heteroatoms. The molecule has 0 fully saturated rings. The van der Waals surface area contributed by atoms with Crippen LogP contribution in [0, 0.1) is 17.5 Å². The first-order chi connectivity index (χ1) is 11.6. The standard InChI is InChI=1S/C20H19F3O/c1-2-3-13-4-6-14(7-5-13)15-8-9-19(24-12-15)16-10-17(21)20(23)18(22)11-16/h4-7,10-12,19H,2-3,8-9H2,1H3. The summed E-state index contributed by atoms with van der Waals surface area (Å²) < 4.78 is 45.4. The summed E-state index contributed by atoms with van der Waals surface area (Å²) >= 11 is 0. The summed E-state index contributed by atoms with van der Waals surface area (Å²) in [5.41, 5.74) is 3.76. The van der Waals surface area contributed by atoms with E-state index in [1.807, 2.05) is 0 Å². The lowest BCUT2D eigenvalue weighted by molar-refractivity contribution is 0.128. The third-order valence-corrected chi connectivity index (χ3v) is 4.29. The highest BCUT2D eigenvalue weighted by Gasteiger charge is 2.21. The van der Waals surface area contributed by atoms with Gasteiger partial charge in [-0.2, -0.15) is 0 Å². The van der Waals surface area contributed by atoms with Crippen LogP contribution in [0.3, 0.4) is 0 Å². The Morgan fingerprint density at radius 3 is 2.25 bits per heavy atom. The molecule has 0 N–H and O–H groups in total. The Morgan fingerprint density at radius 1 is 1.04 bits per heavy atom. The van der Waals surface area contributed by atoms with Crippen LogP contribution in [0.15, 0.2) is 42.7 Å². The Morgan fingerprint density at radius 2 is 1.71 bits per heavy atom. The van der Waals surface area contributed by atoms with Crippen molar-refractivity contribution < 1.29 is 17.9 Å². The zero-order valence-corrected chi connectivity index (χ0v) is 13.5. The van der Waals surface area contributed by atoms with Crippen molar-refractivity contribution in [2.75, 3.05) is 0 Å². The van der Waals surface area contributed by atoms with E-state index in [1.54, 1.807) is 6.26 Å². The summed E-state index contributed by atoms with van der Waals surface area (Å²) in [5, 5.41) is 0. The molecule has 0 saturated carbocycles. The molecule has 2 aromatic carbocycles. The van der Waals surface area contributed by atoms with E-state index in [0.717, 1.165) is 42.5 Å². The molecule has 126 valence electrons. The molecule has 0 radical (unpaired) electrons. The van der Waals surface area contributed by atoms with Gasteiger partial charge in [-0.25, -0.2) is 13.2 Å². The van der Waals surface area contributed by atoms with Gasteiger partial charge < -0.3 is 4.74 Å². The molecule has 1 atom stereocenters.